The summed E-state index contributed by atoms with van der Waals surface area (Å²) in [6.07, 6.45) is 0.713. The van der Waals surface area contributed by atoms with E-state index in [2.05, 4.69) is 30.7 Å². The quantitative estimate of drug-likeness (QED) is 0.889. The lowest BCUT2D eigenvalue weighted by Gasteiger charge is -2.28. The first-order valence-corrected chi connectivity index (χ1v) is 7.25. The molecule has 0 radical (unpaired) electrons. The van der Waals surface area contributed by atoms with Gasteiger partial charge in [-0.15, -0.1) is 0 Å². The molecule has 0 atom stereocenters. The van der Waals surface area contributed by atoms with Gasteiger partial charge in [-0.1, -0.05) is 20.8 Å². The highest BCUT2D eigenvalue weighted by Gasteiger charge is 2.18. The molecule has 1 aromatic carbocycles. The molecule has 0 bridgehead atoms. The monoisotopic (exact) mass is 294 g/mol. The van der Waals surface area contributed by atoms with E-state index in [0.717, 1.165) is 13.1 Å². The third-order valence-corrected chi connectivity index (χ3v) is 3.08. The maximum Gasteiger partial charge on any atom is 0.209 e. The lowest BCUT2D eigenvalue weighted by molar-refractivity contribution is 0.155. The number of aliphatic hydroxyl groups is 1. The summed E-state index contributed by atoms with van der Waals surface area (Å²) >= 11 is 0. The van der Waals surface area contributed by atoms with Crippen molar-refractivity contribution in [2.75, 3.05) is 19.7 Å². The second-order valence-electron chi connectivity index (χ2n) is 6.57. The predicted molar refractivity (Wildman–Crippen MR) is 80.4 cm³/mol. The average molecular weight is 294 g/mol. The van der Waals surface area contributed by atoms with Gasteiger partial charge in [0.05, 0.1) is 6.54 Å². The Morgan fingerprint density at radius 3 is 2.76 bits per heavy atom. The minimum Gasteiger partial charge on any atom is -0.439 e. The molecular formula is C16H23FN2O2. The Morgan fingerprint density at radius 2 is 2.10 bits per heavy atom. The number of aromatic nitrogens is 1. The predicted octanol–water partition coefficient (Wildman–Crippen LogP) is 3.20. The Hall–Kier alpha value is -1.46. The molecule has 1 heterocycles. The minimum atomic E-state index is -0.311. The van der Waals surface area contributed by atoms with Gasteiger partial charge in [0, 0.05) is 25.8 Å². The van der Waals surface area contributed by atoms with Crippen molar-refractivity contribution >= 4 is 11.1 Å². The number of halogens is 1. The highest BCUT2D eigenvalue weighted by atomic mass is 19.1. The van der Waals surface area contributed by atoms with E-state index in [1.54, 1.807) is 6.07 Å². The Morgan fingerprint density at radius 1 is 1.33 bits per heavy atom. The number of oxazole rings is 1. The molecule has 0 amide bonds. The van der Waals surface area contributed by atoms with Crippen LogP contribution < -0.4 is 0 Å². The van der Waals surface area contributed by atoms with Gasteiger partial charge in [-0.2, -0.15) is 0 Å². The van der Waals surface area contributed by atoms with Gasteiger partial charge in [-0.05, 0) is 24.0 Å². The fraction of sp³-hybridized carbons (Fsp3) is 0.562. The molecule has 5 heteroatoms. The number of benzene rings is 1. The van der Waals surface area contributed by atoms with Gasteiger partial charge in [0.2, 0.25) is 5.89 Å². The summed E-state index contributed by atoms with van der Waals surface area (Å²) in [5.74, 6) is 0.270. The molecule has 0 saturated heterocycles. The highest BCUT2D eigenvalue weighted by Crippen LogP contribution is 2.20. The zero-order chi connectivity index (χ0) is 15.5. The average Bonchev–Trinajstić information content (AvgIpc) is 2.75. The zero-order valence-corrected chi connectivity index (χ0v) is 12.9. The molecule has 21 heavy (non-hydrogen) atoms. The molecule has 0 aliphatic carbocycles. The molecule has 0 saturated carbocycles. The molecular weight excluding hydrogens is 271 g/mol. The largest absolute Gasteiger partial charge is 0.439 e. The van der Waals surface area contributed by atoms with Crippen LogP contribution in [0, 0.1) is 11.2 Å². The van der Waals surface area contributed by atoms with Crippen molar-refractivity contribution in [2.45, 2.75) is 33.7 Å². The molecule has 2 rings (SSSR count). The van der Waals surface area contributed by atoms with Gasteiger partial charge in [-0.3, -0.25) is 4.90 Å². The summed E-state index contributed by atoms with van der Waals surface area (Å²) in [5, 5.41) is 9.02. The summed E-state index contributed by atoms with van der Waals surface area (Å²) < 4.78 is 18.8. The van der Waals surface area contributed by atoms with Crippen LogP contribution in [-0.4, -0.2) is 34.7 Å². The summed E-state index contributed by atoms with van der Waals surface area (Å²) in [4.78, 5) is 6.55. The van der Waals surface area contributed by atoms with E-state index in [9.17, 15) is 4.39 Å². The summed E-state index contributed by atoms with van der Waals surface area (Å²) in [6.45, 7) is 8.88. The van der Waals surface area contributed by atoms with Crippen LogP contribution in [0.2, 0.25) is 0 Å². The van der Waals surface area contributed by atoms with Crippen LogP contribution in [0.4, 0.5) is 4.39 Å². The third kappa shape index (κ3) is 4.79. The lowest BCUT2D eigenvalue weighted by atomic mass is 9.96. The fourth-order valence-corrected chi connectivity index (χ4v) is 2.39. The van der Waals surface area contributed by atoms with E-state index >= 15 is 0 Å². The Labute approximate surface area is 124 Å². The zero-order valence-electron chi connectivity index (χ0n) is 12.9. The normalized spacial score (nSPS) is 12.5. The fourth-order valence-electron chi connectivity index (χ4n) is 2.39. The molecule has 1 aromatic heterocycles. The van der Waals surface area contributed by atoms with Gasteiger partial charge in [-0.25, -0.2) is 9.37 Å². The van der Waals surface area contributed by atoms with Crippen molar-refractivity contribution in [3.63, 3.8) is 0 Å². The van der Waals surface area contributed by atoms with E-state index in [4.69, 9.17) is 9.52 Å². The second-order valence-corrected chi connectivity index (χ2v) is 6.57. The van der Waals surface area contributed by atoms with Crippen molar-refractivity contribution in [1.29, 1.82) is 0 Å². The highest BCUT2D eigenvalue weighted by molar-refractivity contribution is 5.72. The molecule has 0 unspecified atom stereocenters. The SMILES string of the molecule is CC(C)(C)CN(CCCO)Cc1nc2cc(F)ccc2o1. The van der Waals surface area contributed by atoms with Crippen molar-refractivity contribution in [2.24, 2.45) is 5.41 Å². The van der Waals surface area contributed by atoms with Gasteiger partial charge in [0.25, 0.3) is 0 Å². The first-order chi connectivity index (χ1) is 9.87. The summed E-state index contributed by atoms with van der Waals surface area (Å²) in [6, 6.07) is 4.35. The number of hydrogen-bond donors (Lipinski definition) is 1. The molecule has 0 spiro atoms. The second kappa shape index (κ2) is 6.54. The lowest BCUT2D eigenvalue weighted by Crippen LogP contribution is -2.33. The van der Waals surface area contributed by atoms with Gasteiger partial charge >= 0.3 is 0 Å². The van der Waals surface area contributed by atoms with Crippen LogP contribution in [0.5, 0.6) is 0 Å². The van der Waals surface area contributed by atoms with Crippen molar-refractivity contribution < 1.29 is 13.9 Å². The number of fused-ring (bicyclic) bond motifs is 1. The first-order valence-electron chi connectivity index (χ1n) is 7.25. The number of aliphatic hydroxyl groups excluding tert-OH is 1. The Kier molecular flexibility index (Phi) is 4.96. The summed E-state index contributed by atoms with van der Waals surface area (Å²) in [7, 11) is 0. The maximum atomic E-state index is 13.2. The van der Waals surface area contributed by atoms with Crippen molar-refractivity contribution in [3.8, 4) is 0 Å². The van der Waals surface area contributed by atoms with Gasteiger partial charge in [0.1, 0.15) is 11.3 Å². The van der Waals surface area contributed by atoms with E-state index in [-0.39, 0.29) is 17.8 Å². The molecule has 0 fully saturated rings. The third-order valence-electron chi connectivity index (χ3n) is 3.08. The summed E-state index contributed by atoms with van der Waals surface area (Å²) in [5.41, 5.74) is 1.29. The molecule has 116 valence electrons. The standard InChI is InChI=1S/C16H23FN2O2/c1-16(2,3)11-19(7-4-8-20)10-15-18-13-9-12(17)5-6-14(13)21-15/h5-6,9,20H,4,7-8,10-11H2,1-3H3. The van der Waals surface area contributed by atoms with Crippen LogP contribution in [0.15, 0.2) is 22.6 Å². The number of hydrogen-bond acceptors (Lipinski definition) is 4. The topological polar surface area (TPSA) is 49.5 Å². The molecule has 1 N–H and O–H groups in total. The van der Waals surface area contributed by atoms with Crippen LogP contribution >= 0.6 is 0 Å². The van der Waals surface area contributed by atoms with E-state index in [1.807, 2.05) is 0 Å². The van der Waals surface area contributed by atoms with E-state index in [0.29, 0.717) is 30.0 Å². The molecule has 4 nitrogen and oxygen atoms in total. The number of nitrogens with zero attached hydrogens (tertiary/aromatic N) is 2. The smallest absolute Gasteiger partial charge is 0.209 e. The van der Waals surface area contributed by atoms with Crippen LogP contribution in [0.1, 0.15) is 33.1 Å². The number of rotatable bonds is 6. The van der Waals surface area contributed by atoms with Crippen LogP contribution in [0.3, 0.4) is 0 Å². The van der Waals surface area contributed by atoms with Crippen LogP contribution in [0.25, 0.3) is 11.1 Å². The van der Waals surface area contributed by atoms with Gasteiger partial charge < -0.3 is 9.52 Å². The van der Waals surface area contributed by atoms with Crippen molar-refractivity contribution in [1.82, 2.24) is 9.88 Å². The Balaban J connectivity index is 2.13. The minimum absolute atomic E-state index is 0.146. The first kappa shape index (κ1) is 15.9. The van der Waals surface area contributed by atoms with Crippen LogP contribution in [-0.2, 0) is 6.54 Å². The van der Waals surface area contributed by atoms with E-state index < -0.39 is 0 Å². The van der Waals surface area contributed by atoms with Crippen molar-refractivity contribution in [3.05, 3.63) is 29.9 Å². The molecule has 0 aliphatic rings. The maximum absolute atomic E-state index is 13.2. The van der Waals surface area contributed by atoms with Gasteiger partial charge in [0.15, 0.2) is 5.58 Å². The van der Waals surface area contributed by atoms with E-state index in [1.165, 1.54) is 12.1 Å². The Bertz CT molecular complexity index is 589. The molecule has 0 aliphatic heterocycles. The molecule has 2 aromatic rings.